The van der Waals surface area contributed by atoms with Gasteiger partial charge >= 0.3 is 0 Å². The van der Waals surface area contributed by atoms with Crippen LogP contribution in [-0.4, -0.2) is 37.1 Å². The van der Waals surface area contributed by atoms with Gasteiger partial charge < -0.3 is 21.5 Å². The number of amides is 2. The zero-order valence-electron chi connectivity index (χ0n) is 11.4. The van der Waals surface area contributed by atoms with E-state index in [2.05, 4.69) is 5.32 Å². The van der Waals surface area contributed by atoms with E-state index < -0.39 is 5.41 Å². The third kappa shape index (κ3) is 2.90. The number of ether oxygens (including phenoxy) is 1. The summed E-state index contributed by atoms with van der Waals surface area (Å²) in [5, 5.41) is 3.04. The van der Waals surface area contributed by atoms with Crippen molar-refractivity contribution in [2.45, 2.75) is 44.7 Å². The highest BCUT2D eigenvalue weighted by molar-refractivity contribution is 5.84. The first-order valence-electron chi connectivity index (χ1n) is 6.87. The van der Waals surface area contributed by atoms with Crippen molar-refractivity contribution in [1.29, 1.82) is 0 Å². The number of hydrogen-bond acceptors (Lipinski definition) is 4. The van der Waals surface area contributed by atoms with Crippen LogP contribution in [0, 0.1) is 11.3 Å². The molecule has 2 rings (SSSR count). The van der Waals surface area contributed by atoms with Crippen molar-refractivity contribution in [2.75, 3.05) is 13.2 Å². The Morgan fingerprint density at radius 2 is 1.89 bits per heavy atom. The average Bonchev–Trinajstić information content (AvgIpc) is 2.71. The Morgan fingerprint density at radius 3 is 2.37 bits per heavy atom. The number of nitrogens with one attached hydrogen (secondary N) is 1. The summed E-state index contributed by atoms with van der Waals surface area (Å²) in [6, 6.07) is -0.137. The molecular weight excluding hydrogens is 246 g/mol. The van der Waals surface area contributed by atoms with E-state index in [1.807, 2.05) is 6.92 Å². The molecule has 0 spiro atoms. The first kappa shape index (κ1) is 14.3. The largest absolute Gasteiger partial charge is 0.379 e. The highest BCUT2D eigenvalue weighted by Crippen LogP contribution is 2.29. The highest BCUT2D eigenvalue weighted by atomic mass is 16.5. The molecule has 1 saturated heterocycles. The SMILES string of the molecule is CC1(C(=O)NC2CCC(C(N)=O)CC2)COCC1N. The van der Waals surface area contributed by atoms with E-state index >= 15 is 0 Å². The summed E-state index contributed by atoms with van der Waals surface area (Å²) in [4.78, 5) is 23.4. The number of nitrogens with two attached hydrogens (primary N) is 2. The average molecular weight is 269 g/mol. The van der Waals surface area contributed by atoms with Gasteiger partial charge in [0.25, 0.3) is 0 Å². The van der Waals surface area contributed by atoms with E-state index in [1.165, 1.54) is 0 Å². The molecule has 1 heterocycles. The fraction of sp³-hybridized carbons (Fsp3) is 0.846. The first-order chi connectivity index (χ1) is 8.93. The highest BCUT2D eigenvalue weighted by Gasteiger charge is 2.45. The van der Waals surface area contributed by atoms with Crippen molar-refractivity contribution >= 4 is 11.8 Å². The molecule has 2 atom stereocenters. The van der Waals surface area contributed by atoms with Crippen LogP contribution in [0.3, 0.4) is 0 Å². The molecule has 0 aromatic rings. The Balaban J connectivity index is 1.86. The Morgan fingerprint density at radius 1 is 1.26 bits per heavy atom. The number of carbonyl (C=O) groups excluding carboxylic acids is 2. The van der Waals surface area contributed by atoms with Gasteiger partial charge in [-0.05, 0) is 32.6 Å². The molecule has 2 unspecified atom stereocenters. The van der Waals surface area contributed by atoms with Gasteiger partial charge in [-0.15, -0.1) is 0 Å². The topological polar surface area (TPSA) is 107 Å². The van der Waals surface area contributed by atoms with Crippen LogP contribution in [-0.2, 0) is 14.3 Å². The first-order valence-corrected chi connectivity index (χ1v) is 6.87. The van der Waals surface area contributed by atoms with Gasteiger partial charge in [0.2, 0.25) is 11.8 Å². The fourth-order valence-electron chi connectivity index (χ4n) is 2.80. The van der Waals surface area contributed by atoms with Gasteiger partial charge in [-0.25, -0.2) is 0 Å². The summed E-state index contributed by atoms with van der Waals surface area (Å²) >= 11 is 0. The summed E-state index contributed by atoms with van der Waals surface area (Å²) in [6.07, 6.45) is 3.09. The normalized spacial score (nSPS) is 38.9. The zero-order chi connectivity index (χ0) is 14.0. The number of primary amides is 1. The van der Waals surface area contributed by atoms with Gasteiger partial charge in [-0.3, -0.25) is 9.59 Å². The van der Waals surface area contributed by atoms with Crippen LogP contribution < -0.4 is 16.8 Å². The molecule has 1 aliphatic heterocycles. The molecule has 0 bridgehead atoms. The minimum absolute atomic E-state index is 0.0409. The van der Waals surface area contributed by atoms with Gasteiger partial charge in [0.1, 0.15) is 0 Å². The molecule has 1 aliphatic carbocycles. The molecule has 0 radical (unpaired) electrons. The van der Waals surface area contributed by atoms with Gasteiger partial charge in [0.15, 0.2) is 0 Å². The molecule has 6 nitrogen and oxygen atoms in total. The van der Waals surface area contributed by atoms with Crippen molar-refractivity contribution < 1.29 is 14.3 Å². The number of carbonyl (C=O) groups is 2. The van der Waals surface area contributed by atoms with Crippen LogP contribution in [0.2, 0.25) is 0 Å². The van der Waals surface area contributed by atoms with Crippen molar-refractivity contribution in [1.82, 2.24) is 5.32 Å². The van der Waals surface area contributed by atoms with Crippen molar-refractivity contribution in [2.24, 2.45) is 22.8 Å². The lowest BCUT2D eigenvalue weighted by atomic mass is 9.82. The fourth-order valence-corrected chi connectivity index (χ4v) is 2.80. The standard InChI is InChI=1S/C13H23N3O3/c1-13(7-19-6-10(13)14)12(18)16-9-4-2-8(3-5-9)11(15)17/h8-10H,2-7,14H2,1H3,(H2,15,17)(H,16,18). The van der Waals surface area contributed by atoms with E-state index in [0.717, 1.165) is 25.7 Å². The number of hydrogen-bond donors (Lipinski definition) is 3. The van der Waals surface area contributed by atoms with Crippen LogP contribution in [0.25, 0.3) is 0 Å². The maximum Gasteiger partial charge on any atom is 0.230 e. The molecule has 2 fully saturated rings. The lowest BCUT2D eigenvalue weighted by molar-refractivity contribution is -0.131. The third-order valence-corrected chi connectivity index (χ3v) is 4.50. The summed E-state index contributed by atoms with van der Waals surface area (Å²) in [6.45, 7) is 2.64. The number of rotatable bonds is 3. The summed E-state index contributed by atoms with van der Waals surface area (Å²) < 4.78 is 5.28. The third-order valence-electron chi connectivity index (χ3n) is 4.50. The predicted molar refractivity (Wildman–Crippen MR) is 70.0 cm³/mol. The lowest BCUT2D eigenvalue weighted by Crippen LogP contribution is -2.53. The van der Waals surface area contributed by atoms with E-state index in [0.29, 0.717) is 13.2 Å². The molecule has 0 aromatic heterocycles. The van der Waals surface area contributed by atoms with E-state index in [4.69, 9.17) is 16.2 Å². The second-order valence-corrected chi connectivity index (χ2v) is 5.96. The zero-order valence-corrected chi connectivity index (χ0v) is 11.4. The van der Waals surface area contributed by atoms with Crippen LogP contribution in [0.1, 0.15) is 32.6 Å². The predicted octanol–water partition coefficient (Wildman–Crippen LogP) is -0.489. The van der Waals surface area contributed by atoms with Gasteiger partial charge in [0, 0.05) is 18.0 Å². The minimum Gasteiger partial charge on any atom is -0.379 e. The summed E-state index contributed by atoms with van der Waals surface area (Å²) in [5.74, 6) is -0.316. The van der Waals surface area contributed by atoms with Crippen LogP contribution >= 0.6 is 0 Å². The van der Waals surface area contributed by atoms with E-state index in [9.17, 15) is 9.59 Å². The molecule has 19 heavy (non-hydrogen) atoms. The van der Waals surface area contributed by atoms with Crippen molar-refractivity contribution in [3.05, 3.63) is 0 Å². The molecule has 1 saturated carbocycles. The molecular formula is C13H23N3O3. The Labute approximate surface area is 113 Å². The maximum absolute atomic E-state index is 12.3. The van der Waals surface area contributed by atoms with Gasteiger partial charge in [-0.2, -0.15) is 0 Å². The van der Waals surface area contributed by atoms with E-state index in [-0.39, 0.29) is 29.8 Å². The molecule has 0 aromatic carbocycles. The van der Waals surface area contributed by atoms with Crippen LogP contribution in [0.4, 0.5) is 0 Å². The Hall–Kier alpha value is -1.14. The lowest BCUT2D eigenvalue weighted by Gasteiger charge is -2.32. The van der Waals surface area contributed by atoms with Crippen molar-refractivity contribution in [3.63, 3.8) is 0 Å². The Kier molecular flexibility index (Phi) is 4.10. The second kappa shape index (κ2) is 5.46. The van der Waals surface area contributed by atoms with Gasteiger partial charge in [0.05, 0.1) is 18.6 Å². The molecule has 6 heteroatoms. The minimum atomic E-state index is -0.638. The quantitative estimate of drug-likeness (QED) is 0.642. The molecule has 108 valence electrons. The molecule has 5 N–H and O–H groups in total. The Bertz CT molecular complexity index is 366. The maximum atomic E-state index is 12.3. The monoisotopic (exact) mass is 269 g/mol. The second-order valence-electron chi connectivity index (χ2n) is 5.96. The summed E-state index contributed by atoms with van der Waals surface area (Å²) in [5.41, 5.74) is 10.6. The van der Waals surface area contributed by atoms with Gasteiger partial charge in [-0.1, -0.05) is 0 Å². The molecule has 2 amide bonds. The van der Waals surface area contributed by atoms with Crippen LogP contribution in [0.15, 0.2) is 0 Å². The molecule has 2 aliphatic rings. The smallest absolute Gasteiger partial charge is 0.230 e. The van der Waals surface area contributed by atoms with E-state index in [1.54, 1.807) is 0 Å². The summed E-state index contributed by atoms with van der Waals surface area (Å²) in [7, 11) is 0. The van der Waals surface area contributed by atoms with Crippen LogP contribution in [0.5, 0.6) is 0 Å². The van der Waals surface area contributed by atoms with Crippen molar-refractivity contribution in [3.8, 4) is 0 Å².